The Hall–Kier alpha value is -4.66. The zero-order valence-electron chi connectivity index (χ0n) is 20.0. The molecule has 2 aromatic carbocycles. The van der Waals surface area contributed by atoms with Crippen LogP contribution < -0.4 is 14.9 Å². The van der Waals surface area contributed by atoms with E-state index < -0.39 is 66.2 Å². The fourth-order valence-electron chi connectivity index (χ4n) is 3.94. The standard InChI is InChI=1S/C25H22O14/c1-35-11-4-2-10(3-5-11)15-8-14(27)19-13(26)6-12(7-16(19)37-15)36-25-21(32)22(38-18(30)9-17(28)29)20(31)23(39-25)24(33)34/h2-8,20-23,25-26,31-32H,9H2,1H3,(H,28,29)(H,33,34)/t20-,21+,22-,23-,25+/m0/s1. The minimum atomic E-state index is -2.08. The molecule has 1 fully saturated rings. The van der Waals surface area contributed by atoms with Gasteiger partial charge in [0, 0.05) is 23.8 Å². The van der Waals surface area contributed by atoms with Gasteiger partial charge in [-0.1, -0.05) is 0 Å². The second kappa shape index (κ2) is 11.0. The number of hydrogen-bond donors (Lipinski definition) is 5. The van der Waals surface area contributed by atoms with Gasteiger partial charge in [0.2, 0.25) is 6.29 Å². The maximum atomic E-state index is 12.7. The number of carbonyl (C=O) groups excluding carboxylic acids is 1. The fraction of sp³-hybridized carbons (Fsp3) is 0.280. The molecule has 0 radical (unpaired) electrons. The SMILES string of the molecule is COc1ccc(-c2cc(=O)c3c(O)cc(O[C@@H]4O[C@H](C(=O)O)[C@@H](O)[C@H](OC(=O)CC(=O)O)[C@H]4O)cc3o2)cc1. The van der Waals surface area contributed by atoms with Gasteiger partial charge in [0.25, 0.3) is 0 Å². The van der Waals surface area contributed by atoms with Crippen molar-refractivity contribution in [1.29, 1.82) is 0 Å². The molecule has 39 heavy (non-hydrogen) atoms. The number of rotatable bonds is 8. The van der Waals surface area contributed by atoms with Crippen LogP contribution in [0.2, 0.25) is 0 Å². The molecule has 1 aromatic heterocycles. The molecule has 206 valence electrons. The van der Waals surface area contributed by atoms with Gasteiger partial charge in [-0.3, -0.25) is 14.4 Å². The highest BCUT2D eigenvalue weighted by atomic mass is 16.7. The third kappa shape index (κ3) is 5.77. The Labute approximate surface area is 218 Å². The quantitative estimate of drug-likeness (QED) is 0.192. The molecule has 1 aliphatic heterocycles. The normalized spacial score (nSPS) is 22.7. The van der Waals surface area contributed by atoms with Gasteiger partial charge in [0.05, 0.1) is 7.11 Å². The number of carboxylic acids is 2. The molecule has 0 aliphatic carbocycles. The molecular weight excluding hydrogens is 524 g/mol. The van der Waals surface area contributed by atoms with Crippen molar-refractivity contribution in [2.75, 3.05) is 7.11 Å². The van der Waals surface area contributed by atoms with Crippen LogP contribution >= 0.6 is 0 Å². The van der Waals surface area contributed by atoms with Crippen LogP contribution in [0.25, 0.3) is 22.3 Å². The van der Waals surface area contributed by atoms with Gasteiger partial charge in [-0.05, 0) is 24.3 Å². The molecule has 0 amide bonds. The van der Waals surface area contributed by atoms with Crippen LogP contribution in [-0.4, -0.2) is 81.3 Å². The molecule has 0 spiro atoms. The van der Waals surface area contributed by atoms with Gasteiger partial charge in [-0.2, -0.15) is 0 Å². The highest BCUT2D eigenvalue weighted by Gasteiger charge is 2.51. The largest absolute Gasteiger partial charge is 0.507 e. The van der Waals surface area contributed by atoms with Crippen molar-refractivity contribution in [3.8, 4) is 28.6 Å². The van der Waals surface area contributed by atoms with Crippen LogP contribution in [0.4, 0.5) is 0 Å². The Bertz CT molecular complexity index is 1460. The van der Waals surface area contributed by atoms with Crippen molar-refractivity contribution >= 4 is 28.9 Å². The fourth-order valence-corrected chi connectivity index (χ4v) is 3.94. The van der Waals surface area contributed by atoms with Crippen LogP contribution in [0.15, 0.2) is 51.7 Å². The summed E-state index contributed by atoms with van der Waals surface area (Å²) < 4.78 is 26.3. The molecule has 0 unspecified atom stereocenters. The number of phenols is 1. The van der Waals surface area contributed by atoms with Crippen LogP contribution in [0.3, 0.4) is 0 Å². The molecule has 5 atom stereocenters. The van der Waals surface area contributed by atoms with Gasteiger partial charge in [0.15, 0.2) is 23.7 Å². The summed E-state index contributed by atoms with van der Waals surface area (Å²) in [5, 5.41) is 49.4. The Morgan fingerprint density at radius 2 is 1.67 bits per heavy atom. The summed E-state index contributed by atoms with van der Waals surface area (Å²) in [4.78, 5) is 46.9. The van der Waals surface area contributed by atoms with Crippen molar-refractivity contribution in [2.45, 2.75) is 37.1 Å². The third-order valence-electron chi connectivity index (χ3n) is 5.76. The number of carbonyl (C=O) groups is 3. The second-order valence-corrected chi connectivity index (χ2v) is 8.41. The highest BCUT2D eigenvalue weighted by molar-refractivity contribution is 5.90. The predicted octanol–water partition coefficient (Wildman–Crippen LogP) is 0.471. The molecular formula is C25H22O14. The van der Waals surface area contributed by atoms with E-state index >= 15 is 0 Å². The number of aliphatic hydroxyl groups is 2. The first-order chi connectivity index (χ1) is 18.5. The number of phenolic OH excluding ortho intramolecular Hbond substituents is 1. The first-order valence-electron chi connectivity index (χ1n) is 11.3. The van der Waals surface area contributed by atoms with E-state index in [0.29, 0.717) is 11.3 Å². The van der Waals surface area contributed by atoms with Crippen LogP contribution in [-0.2, 0) is 23.9 Å². The highest BCUT2D eigenvalue weighted by Crippen LogP contribution is 2.34. The minimum absolute atomic E-state index is 0.132. The van der Waals surface area contributed by atoms with Crippen LogP contribution in [0, 0.1) is 0 Å². The average Bonchev–Trinajstić information content (AvgIpc) is 2.87. The maximum Gasteiger partial charge on any atom is 0.335 e. The first kappa shape index (κ1) is 27.4. The predicted molar refractivity (Wildman–Crippen MR) is 127 cm³/mol. The number of aromatic hydroxyl groups is 1. The number of benzene rings is 2. The number of fused-ring (bicyclic) bond motifs is 1. The second-order valence-electron chi connectivity index (χ2n) is 8.41. The van der Waals surface area contributed by atoms with Gasteiger partial charge in [-0.15, -0.1) is 0 Å². The molecule has 4 rings (SSSR count). The molecule has 0 bridgehead atoms. The Balaban J connectivity index is 1.67. The molecule has 2 heterocycles. The minimum Gasteiger partial charge on any atom is -0.507 e. The molecule has 5 N–H and O–H groups in total. The van der Waals surface area contributed by atoms with Crippen LogP contribution in [0.1, 0.15) is 6.42 Å². The van der Waals surface area contributed by atoms with Gasteiger partial charge in [0.1, 0.15) is 46.5 Å². The monoisotopic (exact) mass is 546 g/mol. The molecule has 14 nitrogen and oxygen atoms in total. The van der Waals surface area contributed by atoms with Crippen LogP contribution in [0.5, 0.6) is 17.2 Å². The zero-order chi connectivity index (χ0) is 28.4. The summed E-state index contributed by atoms with van der Waals surface area (Å²) in [6.45, 7) is 0. The number of aliphatic hydroxyl groups excluding tert-OH is 2. The van der Waals surface area contributed by atoms with E-state index in [1.165, 1.54) is 19.2 Å². The number of aliphatic carboxylic acids is 2. The lowest BCUT2D eigenvalue weighted by Crippen LogP contribution is -2.62. The van der Waals surface area contributed by atoms with Crippen molar-refractivity contribution in [1.82, 2.24) is 0 Å². The lowest BCUT2D eigenvalue weighted by Gasteiger charge is -2.40. The summed E-state index contributed by atoms with van der Waals surface area (Å²) in [5.41, 5.74) is -0.205. The Kier molecular flexibility index (Phi) is 7.71. The van der Waals surface area contributed by atoms with E-state index in [-0.39, 0.29) is 22.5 Å². The third-order valence-corrected chi connectivity index (χ3v) is 5.76. The van der Waals surface area contributed by atoms with Crippen molar-refractivity contribution in [3.63, 3.8) is 0 Å². The average molecular weight is 546 g/mol. The van der Waals surface area contributed by atoms with E-state index in [1.54, 1.807) is 24.3 Å². The topological polar surface area (TPSA) is 219 Å². The van der Waals surface area contributed by atoms with Gasteiger partial charge < -0.3 is 48.9 Å². The smallest absolute Gasteiger partial charge is 0.335 e. The lowest BCUT2D eigenvalue weighted by atomic mass is 9.98. The maximum absolute atomic E-state index is 12.7. The number of hydrogen-bond acceptors (Lipinski definition) is 12. The Morgan fingerprint density at radius 3 is 2.28 bits per heavy atom. The Morgan fingerprint density at radius 1 is 0.974 bits per heavy atom. The van der Waals surface area contributed by atoms with Crippen molar-refractivity contribution in [2.24, 2.45) is 0 Å². The van der Waals surface area contributed by atoms with E-state index in [1.807, 2.05) is 0 Å². The summed E-state index contributed by atoms with van der Waals surface area (Å²) >= 11 is 0. The molecule has 1 aliphatic rings. The summed E-state index contributed by atoms with van der Waals surface area (Å²) in [6, 6.07) is 9.89. The molecule has 1 saturated heterocycles. The van der Waals surface area contributed by atoms with Crippen molar-refractivity contribution < 1.29 is 63.3 Å². The number of methoxy groups -OCH3 is 1. The summed E-state index contributed by atoms with van der Waals surface area (Å²) in [6.07, 6.45) is -11.1. The van der Waals surface area contributed by atoms with E-state index in [2.05, 4.69) is 0 Å². The van der Waals surface area contributed by atoms with E-state index in [9.17, 15) is 39.6 Å². The molecule has 0 saturated carbocycles. The lowest BCUT2D eigenvalue weighted by molar-refractivity contribution is -0.275. The van der Waals surface area contributed by atoms with E-state index in [4.69, 9.17) is 28.5 Å². The zero-order valence-corrected chi connectivity index (χ0v) is 20.0. The first-order valence-corrected chi connectivity index (χ1v) is 11.3. The summed E-state index contributed by atoms with van der Waals surface area (Å²) in [7, 11) is 1.49. The number of ether oxygens (including phenoxy) is 4. The van der Waals surface area contributed by atoms with Crippen molar-refractivity contribution in [3.05, 3.63) is 52.7 Å². The van der Waals surface area contributed by atoms with E-state index in [0.717, 1.165) is 6.07 Å². The van der Waals surface area contributed by atoms with Gasteiger partial charge in [-0.25, -0.2) is 4.79 Å². The van der Waals surface area contributed by atoms with Gasteiger partial charge >= 0.3 is 17.9 Å². The molecule has 3 aromatic rings. The summed E-state index contributed by atoms with van der Waals surface area (Å²) in [5.74, 6) is -4.72. The number of esters is 1. The number of carboxylic acid groups (broad SMARTS) is 2. The molecule has 14 heteroatoms.